The van der Waals surface area contributed by atoms with Gasteiger partial charge in [-0.05, 0) is 6.92 Å². The minimum absolute atomic E-state index is 0.311. The molecule has 0 spiro atoms. The summed E-state index contributed by atoms with van der Waals surface area (Å²) in [5, 5.41) is 0. The molecule has 2 aromatic heterocycles. The summed E-state index contributed by atoms with van der Waals surface area (Å²) in [6.45, 7) is 1.75. The Balaban J connectivity index is 3.09. The first-order valence-corrected chi connectivity index (χ1v) is 3.75. The molecule has 0 atom stereocenters. The van der Waals surface area contributed by atoms with Crippen molar-refractivity contribution >= 4 is 11.2 Å². The molecule has 2 N–H and O–H groups in total. The molecule has 0 saturated carbocycles. The molecule has 0 bridgehead atoms. The monoisotopic (exact) mass is 180 g/mol. The van der Waals surface area contributed by atoms with Gasteiger partial charge in [0.25, 0.3) is 0 Å². The molecule has 0 fully saturated rings. The maximum absolute atomic E-state index is 11.2. The van der Waals surface area contributed by atoms with E-state index < -0.39 is 0 Å². The van der Waals surface area contributed by atoms with Crippen molar-refractivity contribution < 1.29 is 0 Å². The molecule has 0 unspecified atom stereocenters. The number of H-pyrrole nitrogens is 2. The van der Waals surface area contributed by atoms with Crippen LogP contribution in [0.4, 0.5) is 0 Å². The lowest BCUT2D eigenvalue weighted by molar-refractivity contribution is 0.790. The van der Waals surface area contributed by atoms with Gasteiger partial charge in [-0.15, -0.1) is 0 Å². The summed E-state index contributed by atoms with van der Waals surface area (Å²) in [5.41, 5.74) is 0.850. The van der Waals surface area contributed by atoms with Gasteiger partial charge in [0.1, 0.15) is 5.52 Å². The second-order valence-corrected chi connectivity index (χ2v) is 2.84. The standard InChI is InChI=1S/C7H8N4O2/c1-3-4-5(9-6(12)8-4)10-7(13)11(3)2/h1-2H3,(H2,8,9,10,12,13). The Morgan fingerprint density at radius 1 is 1.31 bits per heavy atom. The normalized spacial score (nSPS) is 10.9. The zero-order chi connectivity index (χ0) is 9.59. The topological polar surface area (TPSA) is 83.5 Å². The molecular formula is C7H8N4O2. The van der Waals surface area contributed by atoms with Crippen LogP contribution in [-0.2, 0) is 7.05 Å². The number of fused-ring (bicyclic) bond motifs is 1. The zero-order valence-electron chi connectivity index (χ0n) is 7.21. The lowest BCUT2D eigenvalue weighted by Crippen LogP contribution is -2.21. The Morgan fingerprint density at radius 3 is 2.69 bits per heavy atom. The molecule has 0 amide bonds. The fraction of sp³-hybridized carbons (Fsp3) is 0.286. The first-order valence-electron chi connectivity index (χ1n) is 3.75. The number of imidazole rings is 1. The van der Waals surface area contributed by atoms with Crippen LogP contribution in [0.15, 0.2) is 9.59 Å². The first-order chi connectivity index (χ1) is 6.09. The minimum Gasteiger partial charge on any atom is -0.303 e. The highest BCUT2D eigenvalue weighted by atomic mass is 16.1. The lowest BCUT2D eigenvalue weighted by Gasteiger charge is -2.00. The Labute approximate surface area is 72.2 Å². The molecule has 0 aliphatic heterocycles. The summed E-state index contributed by atoms with van der Waals surface area (Å²) in [5.74, 6) is 0. The van der Waals surface area contributed by atoms with Crippen LogP contribution in [0.3, 0.4) is 0 Å². The lowest BCUT2D eigenvalue weighted by atomic mass is 10.4. The first kappa shape index (κ1) is 7.78. The Kier molecular flexibility index (Phi) is 1.39. The number of hydrogen-bond acceptors (Lipinski definition) is 3. The quantitative estimate of drug-likeness (QED) is 0.560. The molecule has 2 aromatic rings. The minimum atomic E-state index is -0.375. The van der Waals surface area contributed by atoms with Crippen LogP contribution in [0.5, 0.6) is 0 Å². The second kappa shape index (κ2) is 2.32. The highest BCUT2D eigenvalue weighted by Gasteiger charge is 2.06. The van der Waals surface area contributed by atoms with E-state index in [1.807, 2.05) is 0 Å². The van der Waals surface area contributed by atoms with Crippen molar-refractivity contribution in [3.63, 3.8) is 0 Å². The molecule has 6 nitrogen and oxygen atoms in total. The van der Waals surface area contributed by atoms with E-state index in [1.165, 1.54) is 4.57 Å². The van der Waals surface area contributed by atoms with Crippen LogP contribution < -0.4 is 11.4 Å². The molecule has 0 aliphatic rings. The summed E-state index contributed by atoms with van der Waals surface area (Å²) in [6.07, 6.45) is 0. The molecular weight excluding hydrogens is 172 g/mol. The van der Waals surface area contributed by atoms with Gasteiger partial charge >= 0.3 is 11.4 Å². The van der Waals surface area contributed by atoms with E-state index in [4.69, 9.17) is 0 Å². The molecule has 2 rings (SSSR count). The predicted molar refractivity (Wildman–Crippen MR) is 46.7 cm³/mol. The van der Waals surface area contributed by atoms with Crippen LogP contribution in [0.1, 0.15) is 5.69 Å². The number of rotatable bonds is 0. The fourth-order valence-electron chi connectivity index (χ4n) is 1.20. The summed E-state index contributed by atoms with van der Waals surface area (Å²) >= 11 is 0. The van der Waals surface area contributed by atoms with E-state index in [2.05, 4.69) is 15.0 Å². The number of aromatic amines is 2. The molecule has 2 heterocycles. The van der Waals surface area contributed by atoms with Crippen molar-refractivity contribution in [2.24, 2.45) is 7.05 Å². The van der Waals surface area contributed by atoms with Gasteiger partial charge in [-0.25, -0.2) is 9.59 Å². The van der Waals surface area contributed by atoms with E-state index in [0.717, 1.165) is 0 Å². The van der Waals surface area contributed by atoms with Crippen LogP contribution in [0, 0.1) is 6.92 Å². The maximum atomic E-state index is 11.2. The third kappa shape index (κ3) is 0.986. The van der Waals surface area contributed by atoms with E-state index in [9.17, 15) is 9.59 Å². The van der Waals surface area contributed by atoms with Gasteiger partial charge < -0.3 is 4.98 Å². The zero-order valence-corrected chi connectivity index (χ0v) is 7.21. The number of hydrogen-bond donors (Lipinski definition) is 2. The van der Waals surface area contributed by atoms with Gasteiger partial charge in [0, 0.05) is 12.7 Å². The van der Waals surface area contributed by atoms with E-state index in [0.29, 0.717) is 16.9 Å². The predicted octanol–water partition coefficient (Wildman–Crippen LogP) is -0.742. The Hall–Kier alpha value is -1.85. The number of aromatic nitrogens is 4. The average Bonchev–Trinajstić information content (AvgIpc) is 2.42. The highest BCUT2D eigenvalue weighted by molar-refractivity contribution is 5.71. The smallest absolute Gasteiger partial charge is 0.303 e. The Bertz CT molecular complexity index is 574. The fourth-order valence-corrected chi connectivity index (χ4v) is 1.20. The SMILES string of the molecule is Cc1c2[nH]c(=O)[nH]c2nc(=O)n1C. The van der Waals surface area contributed by atoms with E-state index in [1.54, 1.807) is 14.0 Å². The van der Waals surface area contributed by atoms with Gasteiger partial charge in [0.2, 0.25) is 0 Å². The molecule has 0 saturated heterocycles. The van der Waals surface area contributed by atoms with Gasteiger partial charge in [-0.2, -0.15) is 4.98 Å². The molecule has 0 radical (unpaired) electrons. The van der Waals surface area contributed by atoms with Crippen molar-refractivity contribution in [3.8, 4) is 0 Å². The third-order valence-corrected chi connectivity index (χ3v) is 2.07. The third-order valence-electron chi connectivity index (χ3n) is 2.07. The summed E-state index contributed by atoms with van der Waals surface area (Å²) in [7, 11) is 1.61. The van der Waals surface area contributed by atoms with E-state index in [-0.39, 0.29) is 11.4 Å². The van der Waals surface area contributed by atoms with Crippen molar-refractivity contribution in [1.82, 2.24) is 19.5 Å². The van der Waals surface area contributed by atoms with Crippen LogP contribution >= 0.6 is 0 Å². The molecule has 6 heteroatoms. The molecule has 0 aliphatic carbocycles. The maximum Gasteiger partial charge on any atom is 0.349 e. The van der Waals surface area contributed by atoms with Crippen LogP contribution in [0.25, 0.3) is 11.2 Å². The molecule has 68 valence electrons. The van der Waals surface area contributed by atoms with Crippen LogP contribution in [0.2, 0.25) is 0 Å². The van der Waals surface area contributed by atoms with Crippen molar-refractivity contribution in [3.05, 3.63) is 26.7 Å². The second-order valence-electron chi connectivity index (χ2n) is 2.84. The summed E-state index contributed by atoms with van der Waals surface area (Å²) in [4.78, 5) is 30.8. The molecule has 0 aromatic carbocycles. The van der Waals surface area contributed by atoms with Gasteiger partial charge in [-0.3, -0.25) is 9.55 Å². The number of nitrogens with one attached hydrogen (secondary N) is 2. The summed E-state index contributed by atoms with van der Waals surface area (Å²) < 4.78 is 1.38. The van der Waals surface area contributed by atoms with E-state index >= 15 is 0 Å². The Morgan fingerprint density at radius 2 is 2.00 bits per heavy atom. The van der Waals surface area contributed by atoms with Crippen molar-refractivity contribution in [2.45, 2.75) is 6.92 Å². The van der Waals surface area contributed by atoms with Gasteiger partial charge in [0.15, 0.2) is 5.65 Å². The number of nitrogens with zero attached hydrogens (tertiary/aromatic N) is 2. The summed E-state index contributed by atoms with van der Waals surface area (Å²) in [6, 6.07) is 0. The van der Waals surface area contributed by atoms with Crippen molar-refractivity contribution in [1.29, 1.82) is 0 Å². The highest BCUT2D eigenvalue weighted by Crippen LogP contribution is 2.04. The van der Waals surface area contributed by atoms with Crippen LogP contribution in [-0.4, -0.2) is 19.5 Å². The average molecular weight is 180 g/mol. The van der Waals surface area contributed by atoms with Gasteiger partial charge in [0.05, 0.1) is 0 Å². The number of aryl methyl sites for hydroxylation is 1. The largest absolute Gasteiger partial charge is 0.349 e. The van der Waals surface area contributed by atoms with Gasteiger partial charge in [-0.1, -0.05) is 0 Å². The molecule has 13 heavy (non-hydrogen) atoms. The van der Waals surface area contributed by atoms with Crippen molar-refractivity contribution in [2.75, 3.05) is 0 Å².